The summed E-state index contributed by atoms with van der Waals surface area (Å²) in [6.45, 7) is 6.67. The Bertz CT molecular complexity index is 166. The average molecular weight is 241 g/mol. The van der Waals surface area contributed by atoms with Gasteiger partial charge in [0.25, 0.3) is 0 Å². The van der Waals surface area contributed by atoms with Gasteiger partial charge in [-0.3, -0.25) is 0 Å². The molecule has 0 amide bonds. The molecule has 0 spiro atoms. The molecule has 0 aromatic heterocycles. The molecule has 17 heavy (non-hydrogen) atoms. The van der Waals surface area contributed by atoms with Crippen LogP contribution >= 0.6 is 0 Å². The zero-order chi connectivity index (χ0) is 12.3. The molecule has 102 valence electrons. The zero-order valence-electron chi connectivity index (χ0n) is 11.8. The van der Waals surface area contributed by atoms with Crippen LogP contribution in [0.4, 0.5) is 0 Å². The smallest absolute Gasteiger partial charge is 0.0590 e. The maximum absolute atomic E-state index is 5.75. The fraction of sp³-hybridized carbons (Fsp3) is 1.00. The summed E-state index contributed by atoms with van der Waals surface area (Å²) in [6.07, 6.45) is 12.4. The van der Waals surface area contributed by atoms with Gasteiger partial charge in [0.15, 0.2) is 0 Å². The monoisotopic (exact) mass is 241 g/mol. The van der Waals surface area contributed by atoms with E-state index in [4.69, 9.17) is 4.74 Å². The highest BCUT2D eigenvalue weighted by atomic mass is 16.5. The van der Waals surface area contributed by atoms with Gasteiger partial charge >= 0.3 is 0 Å². The van der Waals surface area contributed by atoms with Gasteiger partial charge in [-0.15, -0.1) is 0 Å². The van der Waals surface area contributed by atoms with Crippen LogP contribution in [0.1, 0.15) is 71.6 Å². The summed E-state index contributed by atoms with van der Waals surface area (Å²) in [6, 6.07) is 0.690. The summed E-state index contributed by atoms with van der Waals surface area (Å²) in [5.41, 5.74) is 0. The third-order valence-corrected chi connectivity index (χ3v) is 3.66. The molecule has 2 unspecified atom stereocenters. The molecule has 1 aliphatic heterocycles. The Morgan fingerprint density at radius 1 is 1.18 bits per heavy atom. The first-order chi connectivity index (χ1) is 8.36. The Kier molecular flexibility index (Phi) is 8.72. The van der Waals surface area contributed by atoms with Crippen molar-refractivity contribution < 1.29 is 4.74 Å². The van der Waals surface area contributed by atoms with Gasteiger partial charge in [-0.05, 0) is 38.6 Å². The Labute approximate surface area is 108 Å². The summed E-state index contributed by atoms with van der Waals surface area (Å²) in [5.74, 6) is 0. The van der Waals surface area contributed by atoms with Gasteiger partial charge < -0.3 is 10.1 Å². The van der Waals surface area contributed by atoms with Crippen LogP contribution in [0.15, 0.2) is 0 Å². The van der Waals surface area contributed by atoms with Crippen LogP contribution in [0.5, 0.6) is 0 Å². The van der Waals surface area contributed by atoms with Crippen molar-refractivity contribution in [2.24, 2.45) is 0 Å². The number of hydrogen-bond donors (Lipinski definition) is 1. The molecular formula is C15H31NO. The minimum absolute atomic E-state index is 0.538. The van der Waals surface area contributed by atoms with Crippen molar-refractivity contribution in [2.45, 2.75) is 83.8 Å². The van der Waals surface area contributed by atoms with E-state index in [1.54, 1.807) is 0 Å². The zero-order valence-corrected chi connectivity index (χ0v) is 11.8. The van der Waals surface area contributed by atoms with Crippen molar-refractivity contribution in [1.29, 1.82) is 0 Å². The van der Waals surface area contributed by atoms with E-state index in [0.717, 1.165) is 13.2 Å². The molecule has 0 aromatic carbocycles. The van der Waals surface area contributed by atoms with Crippen molar-refractivity contribution >= 4 is 0 Å². The summed E-state index contributed by atoms with van der Waals surface area (Å²) >= 11 is 0. The van der Waals surface area contributed by atoms with Crippen molar-refractivity contribution in [3.05, 3.63) is 0 Å². The second kappa shape index (κ2) is 9.90. The predicted octanol–water partition coefficient (Wildman–Crippen LogP) is 3.89. The fourth-order valence-electron chi connectivity index (χ4n) is 2.62. The highest BCUT2D eigenvalue weighted by Crippen LogP contribution is 2.19. The molecule has 0 aliphatic carbocycles. The Morgan fingerprint density at radius 3 is 2.71 bits per heavy atom. The number of hydrogen-bond acceptors (Lipinski definition) is 2. The molecule has 2 heteroatoms. The number of unbranched alkanes of at least 4 members (excludes halogenated alkanes) is 3. The molecule has 0 saturated carbocycles. The molecule has 2 atom stereocenters. The Balaban J connectivity index is 2.16. The van der Waals surface area contributed by atoms with Crippen molar-refractivity contribution in [1.82, 2.24) is 5.32 Å². The van der Waals surface area contributed by atoms with Gasteiger partial charge in [0, 0.05) is 12.6 Å². The summed E-state index contributed by atoms with van der Waals surface area (Å²) in [7, 11) is 0. The molecule has 0 radical (unpaired) electrons. The lowest BCUT2D eigenvalue weighted by Gasteiger charge is -2.21. The van der Waals surface area contributed by atoms with Crippen molar-refractivity contribution in [2.75, 3.05) is 13.2 Å². The first-order valence-electron chi connectivity index (χ1n) is 7.71. The second-order valence-corrected chi connectivity index (χ2v) is 5.37. The standard InChI is InChI=1S/C15H31NO/c1-3-5-6-7-9-14(16-11-4-2)13-15-10-8-12-17-15/h14-16H,3-13H2,1-2H3. The third kappa shape index (κ3) is 7.05. The Morgan fingerprint density at radius 2 is 2.06 bits per heavy atom. The largest absolute Gasteiger partial charge is 0.378 e. The van der Waals surface area contributed by atoms with Gasteiger partial charge in [0.1, 0.15) is 0 Å². The van der Waals surface area contributed by atoms with Crippen molar-refractivity contribution in [3.63, 3.8) is 0 Å². The van der Waals surface area contributed by atoms with Crippen LogP contribution in [0.25, 0.3) is 0 Å². The maximum Gasteiger partial charge on any atom is 0.0590 e. The number of ether oxygens (including phenoxy) is 1. The van der Waals surface area contributed by atoms with Gasteiger partial charge in [-0.25, -0.2) is 0 Å². The molecule has 1 aliphatic rings. The summed E-state index contributed by atoms with van der Waals surface area (Å²) in [5, 5.41) is 3.69. The normalized spacial score (nSPS) is 21.9. The van der Waals surface area contributed by atoms with E-state index in [9.17, 15) is 0 Å². The van der Waals surface area contributed by atoms with Crippen LogP contribution in [0.3, 0.4) is 0 Å². The molecule has 0 bridgehead atoms. The van der Waals surface area contributed by atoms with E-state index in [2.05, 4.69) is 19.2 Å². The molecule has 1 saturated heterocycles. The van der Waals surface area contributed by atoms with E-state index in [-0.39, 0.29) is 0 Å². The van der Waals surface area contributed by atoms with Crippen LogP contribution in [-0.2, 0) is 4.74 Å². The first-order valence-corrected chi connectivity index (χ1v) is 7.71. The van der Waals surface area contributed by atoms with Crippen molar-refractivity contribution in [3.8, 4) is 0 Å². The highest BCUT2D eigenvalue weighted by molar-refractivity contribution is 4.75. The first kappa shape index (κ1) is 15.0. The van der Waals surface area contributed by atoms with Crippen LogP contribution in [0, 0.1) is 0 Å². The topological polar surface area (TPSA) is 21.3 Å². The third-order valence-electron chi connectivity index (χ3n) is 3.66. The highest BCUT2D eigenvalue weighted by Gasteiger charge is 2.20. The molecule has 2 nitrogen and oxygen atoms in total. The molecule has 1 fully saturated rings. The lowest BCUT2D eigenvalue weighted by Crippen LogP contribution is -2.33. The van der Waals surface area contributed by atoms with Crippen LogP contribution in [0.2, 0.25) is 0 Å². The van der Waals surface area contributed by atoms with Gasteiger partial charge in [0.05, 0.1) is 6.10 Å². The predicted molar refractivity (Wildman–Crippen MR) is 74.4 cm³/mol. The average Bonchev–Trinajstić information content (AvgIpc) is 2.84. The second-order valence-electron chi connectivity index (χ2n) is 5.37. The lowest BCUT2D eigenvalue weighted by molar-refractivity contribution is 0.0933. The molecule has 1 N–H and O–H groups in total. The van der Waals surface area contributed by atoms with E-state index in [1.165, 1.54) is 57.8 Å². The van der Waals surface area contributed by atoms with E-state index in [1.807, 2.05) is 0 Å². The molecule has 1 rings (SSSR count). The summed E-state index contributed by atoms with van der Waals surface area (Å²) in [4.78, 5) is 0. The SMILES string of the molecule is CCCCCCC(CC1CCCO1)NCCC. The van der Waals surface area contributed by atoms with Crippen LogP contribution < -0.4 is 5.32 Å². The molecular weight excluding hydrogens is 210 g/mol. The molecule has 0 aromatic rings. The van der Waals surface area contributed by atoms with E-state index >= 15 is 0 Å². The van der Waals surface area contributed by atoms with Crippen LogP contribution in [-0.4, -0.2) is 25.3 Å². The van der Waals surface area contributed by atoms with Gasteiger partial charge in [0.2, 0.25) is 0 Å². The van der Waals surface area contributed by atoms with Gasteiger partial charge in [-0.1, -0.05) is 39.5 Å². The minimum atomic E-state index is 0.538. The number of nitrogens with one attached hydrogen (secondary N) is 1. The van der Waals surface area contributed by atoms with E-state index in [0.29, 0.717) is 12.1 Å². The Hall–Kier alpha value is -0.0800. The molecule has 1 heterocycles. The van der Waals surface area contributed by atoms with E-state index < -0.39 is 0 Å². The maximum atomic E-state index is 5.75. The minimum Gasteiger partial charge on any atom is -0.378 e. The summed E-state index contributed by atoms with van der Waals surface area (Å²) < 4.78 is 5.75. The van der Waals surface area contributed by atoms with Gasteiger partial charge in [-0.2, -0.15) is 0 Å². The fourth-order valence-corrected chi connectivity index (χ4v) is 2.62. The number of rotatable bonds is 10. The lowest BCUT2D eigenvalue weighted by atomic mass is 10.0. The quantitative estimate of drug-likeness (QED) is 0.586.